The van der Waals surface area contributed by atoms with E-state index in [1.54, 1.807) is 0 Å². The summed E-state index contributed by atoms with van der Waals surface area (Å²) in [5.41, 5.74) is 8.78. The molecule has 0 aliphatic heterocycles. The highest BCUT2D eigenvalue weighted by Crippen LogP contribution is 2.16. The summed E-state index contributed by atoms with van der Waals surface area (Å²) < 4.78 is 0. The summed E-state index contributed by atoms with van der Waals surface area (Å²) in [6.45, 7) is 4.15. The van der Waals surface area contributed by atoms with E-state index in [0.717, 1.165) is 24.1 Å². The second-order valence-electron chi connectivity index (χ2n) is 6.62. The second-order valence-corrected chi connectivity index (χ2v) is 6.62. The van der Waals surface area contributed by atoms with Gasteiger partial charge in [-0.2, -0.15) is 0 Å². The Hall–Kier alpha value is -2.29. The van der Waals surface area contributed by atoms with Crippen LogP contribution in [-0.4, -0.2) is 11.4 Å². The van der Waals surface area contributed by atoms with E-state index < -0.39 is 0 Å². The van der Waals surface area contributed by atoms with Crippen LogP contribution in [-0.2, 0) is 17.6 Å². The summed E-state index contributed by atoms with van der Waals surface area (Å²) >= 11 is 0. The number of benzene rings is 2. The molecule has 0 heterocycles. The summed E-state index contributed by atoms with van der Waals surface area (Å²) in [7, 11) is 0. The number of hydrogen-bond donors (Lipinski definition) is 2. The maximum Gasteiger partial charge on any atom is 0.220 e. The van der Waals surface area contributed by atoms with Crippen LogP contribution in [0.5, 0.6) is 0 Å². The number of carbonyl (C=O) groups is 1. The predicted octanol–water partition coefficient (Wildman–Crippen LogP) is 3.73. The van der Waals surface area contributed by atoms with Crippen LogP contribution < -0.4 is 11.1 Å². The molecule has 0 aliphatic rings. The molecule has 0 bridgehead atoms. The third-order valence-corrected chi connectivity index (χ3v) is 4.04. The average Bonchev–Trinajstić information content (AvgIpc) is 2.53. The van der Waals surface area contributed by atoms with Gasteiger partial charge in [0.15, 0.2) is 0 Å². The number of nitrogen functional groups attached to an aromatic ring is 1. The van der Waals surface area contributed by atoms with Gasteiger partial charge in [-0.15, -0.1) is 0 Å². The van der Waals surface area contributed by atoms with Gasteiger partial charge in [0.25, 0.3) is 0 Å². The number of hydrogen-bond acceptors (Lipinski definition) is 2. The van der Waals surface area contributed by atoms with Gasteiger partial charge in [-0.05, 0) is 50.3 Å². The minimum absolute atomic E-state index is 0.0753. The zero-order valence-electron chi connectivity index (χ0n) is 14.0. The normalized spacial score (nSPS) is 11.2. The molecule has 0 spiro atoms. The highest BCUT2D eigenvalue weighted by molar-refractivity contribution is 5.77. The van der Waals surface area contributed by atoms with Crippen LogP contribution >= 0.6 is 0 Å². The van der Waals surface area contributed by atoms with Crippen molar-refractivity contribution in [2.24, 2.45) is 0 Å². The van der Waals surface area contributed by atoms with E-state index in [9.17, 15) is 4.79 Å². The summed E-state index contributed by atoms with van der Waals surface area (Å²) in [4.78, 5) is 12.2. The van der Waals surface area contributed by atoms with Crippen LogP contribution in [0.1, 0.15) is 37.8 Å². The minimum atomic E-state index is -0.213. The van der Waals surface area contributed by atoms with Crippen molar-refractivity contribution in [3.05, 3.63) is 65.7 Å². The molecule has 23 heavy (non-hydrogen) atoms. The molecular weight excluding hydrogens is 284 g/mol. The molecule has 0 fully saturated rings. The van der Waals surface area contributed by atoms with Crippen LogP contribution in [0.3, 0.4) is 0 Å². The zero-order valence-corrected chi connectivity index (χ0v) is 14.0. The first-order chi connectivity index (χ1) is 11.0. The molecule has 3 nitrogen and oxygen atoms in total. The molecule has 2 aromatic rings. The lowest BCUT2D eigenvalue weighted by atomic mass is 9.95. The first kappa shape index (κ1) is 17.1. The Labute approximate surface area is 138 Å². The van der Waals surface area contributed by atoms with Gasteiger partial charge >= 0.3 is 0 Å². The third kappa shape index (κ3) is 5.78. The summed E-state index contributed by atoms with van der Waals surface area (Å²) in [6, 6.07) is 18.1. The maximum absolute atomic E-state index is 12.2. The van der Waals surface area contributed by atoms with Crippen molar-refractivity contribution in [3.8, 4) is 0 Å². The van der Waals surface area contributed by atoms with Crippen molar-refractivity contribution in [1.29, 1.82) is 0 Å². The van der Waals surface area contributed by atoms with Gasteiger partial charge in [0.2, 0.25) is 5.91 Å². The van der Waals surface area contributed by atoms with E-state index in [4.69, 9.17) is 5.73 Å². The van der Waals surface area contributed by atoms with Crippen molar-refractivity contribution in [2.45, 2.75) is 45.1 Å². The fourth-order valence-electron chi connectivity index (χ4n) is 2.61. The van der Waals surface area contributed by atoms with Gasteiger partial charge in [-0.3, -0.25) is 4.79 Å². The highest BCUT2D eigenvalue weighted by Gasteiger charge is 2.20. The Morgan fingerprint density at radius 2 is 1.65 bits per heavy atom. The number of nitrogens with two attached hydrogens (primary N) is 1. The Balaban J connectivity index is 1.80. The standard InChI is InChI=1S/C20H26N2O/c1-20(2,15-14-16-8-4-3-5-9-16)22-19(23)13-12-17-10-6-7-11-18(17)21/h3-11H,12-15,21H2,1-2H3,(H,22,23). The number of nitrogens with one attached hydrogen (secondary N) is 1. The molecule has 122 valence electrons. The molecule has 3 heteroatoms. The van der Waals surface area contributed by atoms with Crippen LogP contribution in [0, 0.1) is 0 Å². The van der Waals surface area contributed by atoms with Gasteiger partial charge in [-0.25, -0.2) is 0 Å². The van der Waals surface area contributed by atoms with Gasteiger partial charge in [0.05, 0.1) is 0 Å². The number of amides is 1. The molecule has 1 amide bonds. The quantitative estimate of drug-likeness (QED) is 0.766. The Morgan fingerprint density at radius 3 is 2.35 bits per heavy atom. The van der Waals surface area contributed by atoms with E-state index in [-0.39, 0.29) is 11.4 Å². The Kier molecular flexibility index (Phi) is 5.80. The van der Waals surface area contributed by atoms with E-state index >= 15 is 0 Å². The zero-order chi connectivity index (χ0) is 16.7. The van der Waals surface area contributed by atoms with Crippen molar-refractivity contribution >= 4 is 11.6 Å². The molecule has 0 aromatic heterocycles. The van der Waals surface area contributed by atoms with Crippen molar-refractivity contribution < 1.29 is 4.79 Å². The fraction of sp³-hybridized carbons (Fsp3) is 0.350. The van der Waals surface area contributed by atoms with Crippen LogP contribution in [0.2, 0.25) is 0 Å². The first-order valence-electron chi connectivity index (χ1n) is 8.15. The third-order valence-electron chi connectivity index (χ3n) is 4.04. The number of para-hydroxylation sites is 1. The predicted molar refractivity (Wildman–Crippen MR) is 96.2 cm³/mol. The molecule has 0 atom stereocenters. The van der Waals surface area contributed by atoms with Gasteiger partial charge in [-0.1, -0.05) is 48.5 Å². The number of anilines is 1. The SMILES string of the molecule is CC(C)(CCc1ccccc1)NC(=O)CCc1ccccc1N. The first-order valence-corrected chi connectivity index (χ1v) is 8.15. The van der Waals surface area contributed by atoms with E-state index in [1.807, 2.05) is 42.5 Å². The lowest BCUT2D eigenvalue weighted by Crippen LogP contribution is -2.43. The van der Waals surface area contributed by atoms with Crippen molar-refractivity contribution in [1.82, 2.24) is 5.32 Å². The molecule has 0 aliphatic carbocycles. The molecule has 0 saturated carbocycles. The highest BCUT2D eigenvalue weighted by atomic mass is 16.1. The fourth-order valence-corrected chi connectivity index (χ4v) is 2.61. The van der Waals surface area contributed by atoms with E-state index in [1.165, 1.54) is 5.56 Å². The van der Waals surface area contributed by atoms with Gasteiger partial charge in [0, 0.05) is 17.6 Å². The smallest absolute Gasteiger partial charge is 0.220 e. The molecule has 0 unspecified atom stereocenters. The molecule has 0 radical (unpaired) electrons. The molecular formula is C20H26N2O. The minimum Gasteiger partial charge on any atom is -0.399 e. The Bertz CT molecular complexity index is 635. The largest absolute Gasteiger partial charge is 0.399 e. The number of rotatable bonds is 7. The van der Waals surface area contributed by atoms with E-state index in [2.05, 4.69) is 31.3 Å². The van der Waals surface area contributed by atoms with Crippen LogP contribution in [0.4, 0.5) is 5.69 Å². The molecule has 2 aromatic carbocycles. The van der Waals surface area contributed by atoms with Gasteiger partial charge in [0.1, 0.15) is 0 Å². The topological polar surface area (TPSA) is 55.1 Å². The second kappa shape index (κ2) is 7.82. The maximum atomic E-state index is 12.2. The van der Waals surface area contributed by atoms with Gasteiger partial charge < -0.3 is 11.1 Å². The summed E-state index contributed by atoms with van der Waals surface area (Å²) in [5, 5.41) is 3.14. The van der Waals surface area contributed by atoms with Crippen LogP contribution in [0.15, 0.2) is 54.6 Å². The molecule has 2 rings (SSSR count). The summed E-state index contributed by atoms with van der Waals surface area (Å²) in [6.07, 6.45) is 3.01. The monoisotopic (exact) mass is 310 g/mol. The molecule has 3 N–H and O–H groups in total. The van der Waals surface area contributed by atoms with Crippen molar-refractivity contribution in [2.75, 3.05) is 5.73 Å². The summed E-state index contributed by atoms with van der Waals surface area (Å²) in [5.74, 6) is 0.0753. The number of carbonyl (C=O) groups excluding carboxylic acids is 1. The lowest BCUT2D eigenvalue weighted by molar-refractivity contribution is -0.122. The number of aryl methyl sites for hydroxylation is 2. The molecule has 0 saturated heterocycles. The van der Waals surface area contributed by atoms with Crippen LogP contribution in [0.25, 0.3) is 0 Å². The lowest BCUT2D eigenvalue weighted by Gasteiger charge is -2.26. The van der Waals surface area contributed by atoms with Crippen molar-refractivity contribution in [3.63, 3.8) is 0 Å². The van der Waals surface area contributed by atoms with E-state index in [0.29, 0.717) is 12.8 Å². The Morgan fingerprint density at radius 1 is 1.00 bits per heavy atom. The average molecular weight is 310 g/mol.